The zero-order valence-electron chi connectivity index (χ0n) is 14.2. The number of methoxy groups -OCH3 is 1. The van der Waals surface area contributed by atoms with Crippen LogP contribution in [0.5, 0.6) is 5.75 Å². The molecule has 0 saturated carbocycles. The molecule has 1 N–H and O–H groups in total. The number of hydrogen-bond donors (Lipinski definition) is 1. The van der Waals surface area contributed by atoms with Gasteiger partial charge in [0.15, 0.2) is 0 Å². The van der Waals surface area contributed by atoms with Crippen LogP contribution in [0.25, 0.3) is 0 Å². The Balaban J connectivity index is 2.31. The molecule has 1 aromatic rings. The summed E-state index contributed by atoms with van der Waals surface area (Å²) in [6.07, 6.45) is 0. The van der Waals surface area contributed by atoms with Crippen LogP contribution < -0.4 is 9.46 Å². The van der Waals surface area contributed by atoms with Gasteiger partial charge >= 0.3 is 0 Å². The minimum absolute atomic E-state index is 0.0561. The van der Waals surface area contributed by atoms with Crippen LogP contribution in [0.15, 0.2) is 23.1 Å². The fourth-order valence-electron chi connectivity index (χ4n) is 2.32. The van der Waals surface area contributed by atoms with Crippen LogP contribution in [0.2, 0.25) is 0 Å². The van der Waals surface area contributed by atoms with Crippen LogP contribution in [-0.2, 0) is 14.8 Å². The summed E-state index contributed by atoms with van der Waals surface area (Å²) < 4.78 is 37.8. The summed E-state index contributed by atoms with van der Waals surface area (Å²) in [6, 6.07) is 4.33. The fraction of sp³-hybridized carbons (Fsp3) is 0.562. The molecule has 0 unspecified atom stereocenters. The highest BCUT2D eigenvalue weighted by atomic mass is 32.2. The van der Waals surface area contributed by atoms with Gasteiger partial charge in [0.25, 0.3) is 5.91 Å². The van der Waals surface area contributed by atoms with E-state index in [2.05, 4.69) is 4.72 Å². The zero-order chi connectivity index (χ0) is 17.7. The van der Waals surface area contributed by atoms with Gasteiger partial charge < -0.3 is 14.4 Å². The summed E-state index contributed by atoms with van der Waals surface area (Å²) in [5.41, 5.74) is 0.242. The normalized spacial score (nSPS) is 15.6. The van der Waals surface area contributed by atoms with Crippen LogP contribution in [-0.4, -0.2) is 59.2 Å². The number of rotatable bonds is 6. The number of amides is 1. The molecule has 0 aromatic heterocycles. The lowest BCUT2D eigenvalue weighted by molar-refractivity contribution is 0.0300. The van der Waals surface area contributed by atoms with Crippen molar-refractivity contribution in [2.45, 2.75) is 18.7 Å². The van der Waals surface area contributed by atoms with E-state index in [0.717, 1.165) is 0 Å². The van der Waals surface area contributed by atoms with Crippen molar-refractivity contribution in [2.75, 3.05) is 40.0 Å². The van der Waals surface area contributed by atoms with Gasteiger partial charge in [0.2, 0.25) is 10.0 Å². The molecule has 1 aliphatic heterocycles. The average molecular weight is 356 g/mol. The second-order valence-corrected chi connectivity index (χ2v) is 7.78. The summed E-state index contributed by atoms with van der Waals surface area (Å²) in [5, 5.41) is 0. The lowest BCUT2D eigenvalue weighted by Crippen LogP contribution is -2.40. The Hall–Kier alpha value is -1.64. The first-order chi connectivity index (χ1) is 11.3. The molecule has 0 aliphatic carbocycles. The van der Waals surface area contributed by atoms with Crippen molar-refractivity contribution in [1.82, 2.24) is 9.62 Å². The van der Waals surface area contributed by atoms with Crippen LogP contribution in [0, 0.1) is 5.92 Å². The van der Waals surface area contributed by atoms with Gasteiger partial charge in [0.05, 0.1) is 30.8 Å². The van der Waals surface area contributed by atoms with Gasteiger partial charge in [-0.15, -0.1) is 0 Å². The number of nitrogens with one attached hydrogen (secondary N) is 1. The smallest absolute Gasteiger partial charge is 0.257 e. The summed E-state index contributed by atoms with van der Waals surface area (Å²) in [5.74, 6) is 0.290. The van der Waals surface area contributed by atoms with E-state index < -0.39 is 10.0 Å². The Morgan fingerprint density at radius 1 is 1.33 bits per heavy atom. The molecule has 1 amide bonds. The number of hydrogen-bond acceptors (Lipinski definition) is 5. The highest BCUT2D eigenvalue weighted by molar-refractivity contribution is 7.89. The molecule has 0 bridgehead atoms. The maximum Gasteiger partial charge on any atom is 0.257 e. The number of ether oxygens (including phenoxy) is 2. The third kappa shape index (κ3) is 4.46. The van der Waals surface area contributed by atoms with Crippen molar-refractivity contribution < 1.29 is 22.7 Å². The maximum atomic E-state index is 12.7. The standard InChI is InChI=1S/C16H24N2O5S/c1-12(2)11-17-24(20,21)13-4-5-15(22-3)14(10-13)16(19)18-6-8-23-9-7-18/h4-5,10,12,17H,6-9,11H2,1-3H3. The monoisotopic (exact) mass is 356 g/mol. The molecule has 0 radical (unpaired) electrons. The highest BCUT2D eigenvalue weighted by Gasteiger charge is 2.24. The zero-order valence-corrected chi connectivity index (χ0v) is 15.1. The summed E-state index contributed by atoms with van der Waals surface area (Å²) >= 11 is 0. The average Bonchev–Trinajstić information content (AvgIpc) is 2.59. The van der Waals surface area contributed by atoms with Gasteiger partial charge in [-0.25, -0.2) is 13.1 Å². The first-order valence-electron chi connectivity index (χ1n) is 7.90. The molecule has 0 spiro atoms. The molecular weight excluding hydrogens is 332 g/mol. The molecule has 2 rings (SSSR count). The van der Waals surface area contributed by atoms with Gasteiger partial charge in [0.1, 0.15) is 5.75 Å². The number of carbonyl (C=O) groups excluding carboxylic acids is 1. The topological polar surface area (TPSA) is 84.9 Å². The molecule has 1 saturated heterocycles. The van der Waals surface area contributed by atoms with Crippen molar-refractivity contribution in [3.63, 3.8) is 0 Å². The second-order valence-electron chi connectivity index (χ2n) is 6.01. The Kier molecular flexibility index (Phi) is 6.20. The quantitative estimate of drug-likeness (QED) is 0.825. The number of nitrogens with zero attached hydrogens (tertiary/aromatic N) is 1. The van der Waals surface area contributed by atoms with E-state index in [0.29, 0.717) is 38.6 Å². The molecule has 1 heterocycles. The molecule has 7 nitrogen and oxygen atoms in total. The molecule has 0 atom stereocenters. The number of sulfonamides is 1. The first-order valence-corrected chi connectivity index (χ1v) is 9.38. The second kappa shape index (κ2) is 7.96. The highest BCUT2D eigenvalue weighted by Crippen LogP contribution is 2.24. The van der Waals surface area contributed by atoms with Gasteiger partial charge in [-0.05, 0) is 24.1 Å². The molecule has 24 heavy (non-hydrogen) atoms. The van der Waals surface area contributed by atoms with Gasteiger partial charge in [-0.1, -0.05) is 13.8 Å². The van der Waals surface area contributed by atoms with Crippen LogP contribution in [0.4, 0.5) is 0 Å². The van der Waals surface area contributed by atoms with Crippen molar-refractivity contribution in [3.05, 3.63) is 23.8 Å². The molecule has 8 heteroatoms. The van der Waals surface area contributed by atoms with Crippen molar-refractivity contribution in [3.8, 4) is 5.75 Å². The third-order valence-corrected chi connectivity index (χ3v) is 5.11. The summed E-state index contributed by atoms with van der Waals surface area (Å²) in [4.78, 5) is 14.4. The molecule has 1 aromatic carbocycles. The maximum absolute atomic E-state index is 12.7. The van der Waals surface area contributed by atoms with E-state index in [4.69, 9.17) is 9.47 Å². The van der Waals surface area contributed by atoms with Crippen LogP contribution in [0.1, 0.15) is 24.2 Å². The van der Waals surface area contributed by atoms with E-state index in [-0.39, 0.29) is 22.3 Å². The Labute approximate surface area is 143 Å². The van der Waals surface area contributed by atoms with Gasteiger partial charge in [-0.3, -0.25) is 4.79 Å². The van der Waals surface area contributed by atoms with E-state index in [1.807, 2.05) is 13.8 Å². The summed E-state index contributed by atoms with van der Waals surface area (Å²) in [7, 11) is -2.21. The first kappa shape index (κ1) is 18.7. The Bertz CT molecular complexity index is 682. The minimum Gasteiger partial charge on any atom is -0.496 e. The van der Waals surface area contributed by atoms with Crippen LogP contribution >= 0.6 is 0 Å². The van der Waals surface area contributed by atoms with E-state index in [9.17, 15) is 13.2 Å². The minimum atomic E-state index is -3.67. The van der Waals surface area contributed by atoms with Gasteiger partial charge in [0, 0.05) is 19.6 Å². The van der Waals surface area contributed by atoms with E-state index in [1.165, 1.54) is 25.3 Å². The number of carbonyl (C=O) groups is 1. The SMILES string of the molecule is COc1ccc(S(=O)(=O)NCC(C)C)cc1C(=O)N1CCOCC1. The predicted octanol–water partition coefficient (Wildman–Crippen LogP) is 1.10. The Morgan fingerprint density at radius 2 is 2.00 bits per heavy atom. The largest absolute Gasteiger partial charge is 0.496 e. The van der Waals surface area contributed by atoms with Crippen molar-refractivity contribution in [2.24, 2.45) is 5.92 Å². The van der Waals surface area contributed by atoms with Gasteiger partial charge in [-0.2, -0.15) is 0 Å². The van der Waals surface area contributed by atoms with Crippen molar-refractivity contribution in [1.29, 1.82) is 0 Å². The molecule has 1 aliphatic rings. The fourth-order valence-corrected chi connectivity index (χ4v) is 3.56. The lowest BCUT2D eigenvalue weighted by atomic mass is 10.1. The number of benzene rings is 1. The number of morpholine rings is 1. The van der Waals surface area contributed by atoms with Crippen molar-refractivity contribution >= 4 is 15.9 Å². The lowest BCUT2D eigenvalue weighted by Gasteiger charge is -2.27. The molecule has 1 fully saturated rings. The molecular formula is C16H24N2O5S. The van der Waals surface area contributed by atoms with E-state index >= 15 is 0 Å². The Morgan fingerprint density at radius 3 is 2.58 bits per heavy atom. The summed E-state index contributed by atoms with van der Waals surface area (Å²) in [6.45, 7) is 6.08. The van der Waals surface area contributed by atoms with Crippen LogP contribution in [0.3, 0.4) is 0 Å². The predicted molar refractivity (Wildman–Crippen MR) is 89.7 cm³/mol. The molecule has 134 valence electrons. The third-order valence-electron chi connectivity index (χ3n) is 3.69. The van der Waals surface area contributed by atoms with E-state index in [1.54, 1.807) is 4.90 Å².